The minimum atomic E-state index is -4.62. The van der Waals surface area contributed by atoms with Crippen LogP contribution >= 0.6 is 12.4 Å². The summed E-state index contributed by atoms with van der Waals surface area (Å²) in [4.78, 5) is 14.4. The second kappa shape index (κ2) is 4.15. The van der Waals surface area contributed by atoms with Gasteiger partial charge in [-0.15, -0.1) is 17.5 Å². The maximum absolute atomic E-state index is 12.1. The molecule has 2 rings (SSSR count). The Labute approximate surface area is 99.6 Å². The highest BCUT2D eigenvalue weighted by atomic mass is 35.5. The van der Waals surface area contributed by atoms with E-state index in [-0.39, 0.29) is 12.4 Å². The molecule has 4 N–H and O–H groups in total. The maximum atomic E-state index is 12.1. The summed E-state index contributed by atoms with van der Waals surface area (Å²) in [6, 6.07) is 0. The molecule has 0 aliphatic heterocycles. The highest BCUT2D eigenvalue weighted by Gasteiger charge is 2.46. The number of aromatic amines is 1. The first-order valence-corrected chi connectivity index (χ1v) is 4.41. The van der Waals surface area contributed by atoms with Crippen LogP contribution in [0.15, 0.2) is 0 Å². The lowest BCUT2D eigenvalue weighted by Crippen LogP contribution is -2.38. The van der Waals surface area contributed by atoms with Crippen molar-refractivity contribution in [2.75, 3.05) is 5.32 Å². The highest BCUT2D eigenvalue weighted by molar-refractivity contribution is 5.98. The Morgan fingerprint density at radius 1 is 1.47 bits per heavy atom. The van der Waals surface area contributed by atoms with Gasteiger partial charge < -0.3 is 5.73 Å². The van der Waals surface area contributed by atoms with Crippen molar-refractivity contribution in [1.82, 2.24) is 15.2 Å². The molecule has 1 saturated carbocycles. The van der Waals surface area contributed by atoms with Crippen molar-refractivity contribution in [3.05, 3.63) is 5.82 Å². The van der Waals surface area contributed by atoms with E-state index in [1.54, 1.807) is 5.10 Å². The highest BCUT2D eigenvalue weighted by Crippen LogP contribution is 2.33. The molecule has 1 fully saturated rings. The number of nitrogens with zero attached hydrogens (tertiary/aromatic N) is 2. The number of anilines is 1. The average Bonchev–Trinajstić information content (AvgIpc) is 2.75. The van der Waals surface area contributed by atoms with Crippen LogP contribution < -0.4 is 11.1 Å². The first-order chi connectivity index (χ1) is 7.31. The first-order valence-electron chi connectivity index (χ1n) is 4.41. The van der Waals surface area contributed by atoms with Gasteiger partial charge in [-0.2, -0.15) is 18.2 Å². The summed E-state index contributed by atoms with van der Waals surface area (Å²) >= 11 is 0. The standard InChI is InChI=1S/C7H8F3N5O.ClH/c8-7(9,10)3-12-5(15-14-3)13-4(16)6(11)1-2-6;/h1-2,11H2,(H2,12,13,14,15,16);1H. The molecular weight excluding hydrogens is 263 g/mol. The van der Waals surface area contributed by atoms with Crippen LogP contribution in [0, 0.1) is 0 Å². The molecule has 0 aromatic carbocycles. The average molecular weight is 272 g/mol. The van der Waals surface area contributed by atoms with Gasteiger partial charge in [0, 0.05) is 0 Å². The number of H-pyrrole nitrogens is 1. The van der Waals surface area contributed by atoms with Crippen molar-refractivity contribution in [2.24, 2.45) is 5.73 Å². The van der Waals surface area contributed by atoms with Crippen molar-refractivity contribution in [2.45, 2.75) is 24.6 Å². The Hall–Kier alpha value is -1.35. The number of nitrogens with two attached hydrogens (primary N) is 1. The third-order valence-corrected chi connectivity index (χ3v) is 2.22. The number of aromatic nitrogens is 3. The minimum absolute atomic E-state index is 0. The van der Waals surface area contributed by atoms with Crippen LogP contribution in [-0.4, -0.2) is 26.6 Å². The Kier molecular flexibility index (Phi) is 3.35. The summed E-state index contributed by atoms with van der Waals surface area (Å²) in [7, 11) is 0. The molecular formula is C7H9ClF3N5O. The lowest BCUT2D eigenvalue weighted by atomic mass is 10.3. The largest absolute Gasteiger partial charge is 0.451 e. The molecule has 0 bridgehead atoms. The Morgan fingerprint density at radius 2 is 2.06 bits per heavy atom. The number of hydrogen-bond donors (Lipinski definition) is 3. The van der Waals surface area contributed by atoms with Crippen molar-refractivity contribution in [3.63, 3.8) is 0 Å². The van der Waals surface area contributed by atoms with E-state index in [4.69, 9.17) is 5.73 Å². The number of halogens is 4. The smallest absolute Gasteiger partial charge is 0.317 e. The molecule has 96 valence electrons. The number of rotatable bonds is 2. The van der Waals surface area contributed by atoms with Gasteiger partial charge in [0.2, 0.25) is 17.7 Å². The van der Waals surface area contributed by atoms with E-state index >= 15 is 0 Å². The van der Waals surface area contributed by atoms with Crippen LogP contribution in [0.3, 0.4) is 0 Å². The van der Waals surface area contributed by atoms with Crippen LogP contribution in [0.1, 0.15) is 18.7 Å². The summed E-state index contributed by atoms with van der Waals surface area (Å²) in [5.74, 6) is -2.25. The second-order valence-corrected chi connectivity index (χ2v) is 3.62. The molecule has 0 unspecified atom stereocenters. The summed E-state index contributed by atoms with van der Waals surface area (Å²) in [5, 5.41) is 7.02. The molecule has 1 amide bonds. The molecule has 1 aromatic heterocycles. The first kappa shape index (κ1) is 13.7. The van der Waals surface area contributed by atoms with E-state index in [2.05, 4.69) is 15.4 Å². The number of alkyl halides is 3. The van der Waals surface area contributed by atoms with E-state index in [9.17, 15) is 18.0 Å². The molecule has 0 atom stereocenters. The van der Waals surface area contributed by atoms with Crippen LogP contribution in [0.2, 0.25) is 0 Å². The zero-order chi connectivity index (χ0) is 12.0. The number of nitrogens with one attached hydrogen (secondary N) is 2. The summed E-state index contributed by atoms with van der Waals surface area (Å²) in [6.45, 7) is 0. The van der Waals surface area contributed by atoms with Crippen LogP contribution in [0.5, 0.6) is 0 Å². The van der Waals surface area contributed by atoms with E-state index in [1.165, 1.54) is 0 Å². The third-order valence-electron chi connectivity index (χ3n) is 2.22. The zero-order valence-electron chi connectivity index (χ0n) is 8.34. The van der Waals surface area contributed by atoms with Gasteiger partial charge in [0.05, 0.1) is 5.54 Å². The van der Waals surface area contributed by atoms with Gasteiger partial charge >= 0.3 is 6.18 Å². The molecule has 10 heteroatoms. The Balaban J connectivity index is 0.00000144. The lowest BCUT2D eigenvalue weighted by Gasteiger charge is -2.05. The van der Waals surface area contributed by atoms with Crippen LogP contribution in [-0.2, 0) is 11.0 Å². The molecule has 6 nitrogen and oxygen atoms in total. The van der Waals surface area contributed by atoms with Gasteiger partial charge in [0.25, 0.3) is 0 Å². The molecule has 0 spiro atoms. The number of hydrogen-bond acceptors (Lipinski definition) is 4. The number of carbonyl (C=O) groups excluding carboxylic acids is 1. The predicted octanol–water partition coefficient (Wildman–Crippen LogP) is 0.675. The van der Waals surface area contributed by atoms with Gasteiger partial charge in [0.1, 0.15) is 0 Å². The van der Waals surface area contributed by atoms with Crippen molar-refractivity contribution in [3.8, 4) is 0 Å². The van der Waals surface area contributed by atoms with Crippen molar-refractivity contribution < 1.29 is 18.0 Å². The van der Waals surface area contributed by atoms with Gasteiger partial charge in [-0.25, -0.2) is 0 Å². The van der Waals surface area contributed by atoms with Crippen LogP contribution in [0.4, 0.5) is 19.1 Å². The molecule has 0 saturated heterocycles. The third kappa shape index (κ3) is 2.86. The monoisotopic (exact) mass is 271 g/mol. The number of carbonyl (C=O) groups is 1. The normalized spacial score (nSPS) is 17.2. The fourth-order valence-electron chi connectivity index (χ4n) is 1.03. The molecule has 1 aliphatic rings. The van der Waals surface area contributed by atoms with Gasteiger partial charge in [-0.3, -0.25) is 15.2 Å². The summed E-state index contributed by atoms with van der Waals surface area (Å²) in [6.07, 6.45) is -3.60. The topological polar surface area (TPSA) is 96.7 Å². The summed E-state index contributed by atoms with van der Waals surface area (Å²) < 4.78 is 36.3. The predicted molar refractivity (Wildman–Crippen MR) is 53.4 cm³/mol. The second-order valence-electron chi connectivity index (χ2n) is 3.62. The van der Waals surface area contributed by atoms with Crippen LogP contribution in [0.25, 0.3) is 0 Å². The molecule has 1 aromatic rings. The quantitative estimate of drug-likeness (QED) is 0.737. The summed E-state index contributed by atoms with van der Waals surface area (Å²) in [5.41, 5.74) is 4.56. The van der Waals surface area contributed by atoms with Gasteiger partial charge in [-0.1, -0.05) is 0 Å². The maximum Gasteiger partial charge on any atom is 0.451 e. The molecule has 17 heavy (non-hydrogen) atoms. The zero-order valence-corrected chi connectivity index (χ0v) is 9.15. The SMILES string of the molecule is Cl.NC1(C(=O)Nc2n[nH]c(C(F)(F)F)n2)CC1. The molecule has 1 aliphatic carbocycles. The van der Waals surface area contributed by atoms with Crippen molar-refractivity contribution >= 4 is 24.3 Å². The van der Waals surface area contributed by atoms with E-state index in [0.29, 0.717) is 12.8 Å². The van der Waals surface area contributed by atoms with Crippen molar-refractivity contribution in [1.29, 1.82) is 0 Å². The lowest BCUT2D eigenvalue weighted by molar-refractivity contribution is -0.144. The fraction of sp³-hybridized carbons (Fsp3) is 0.571. The Morgan fingerprint density at radius 3 is 2.47 bits per heavy atom. The van der Waals surface area contributed by atoms with E-state index in [0.717, 1.165) is 0 Å². The van der Waals surface area contributed by atoms with E-state index in [1.807, 2.05) is 0 Å². The van der Waals surface area contributed by atoms with Gasteiger partial charge in [-0.05, 0) is 12.8 Å². The Bertz CT molecular complexity index is 427. The number of amides is 1. The van der Waals surface area contributed by atoms with Gasteiger partial charge in [0.15, 0.2) is 0 Å². The minimum Gasteiger partial charge on any atom is -0.317 e. The molecule has 1 heterocycles. The molecule has 0 radical (unpaired) electrons. The van der Waals surface area contributed by atoms with E-state index < -0.39 is 29.4 Å². The fourth-order valence-corrected chi connectivity index (χ4v) is 1.03.